The maximum absolute atomic E-state index is 12.2. The number of hydrogen-bond acceptors (Lipinski definition) is 5. The average Bonchev–Trinajstić information content (AvgIpc) is 3.10. The molecule has 26 heavy (non-hydrogen) atoms. The first-order valence-electron chi connectivity index (χ1n) is 7.87. The highest BCUT2D eigenvalue weighted by molar-refractivity contribution is 6.05. The van der Waals surface area contributed by atoms with Gasteiger partial charge in [0.25, 0.3) is 5.91 Å². The topological polar surface area (TPSA) is 89.7 Å². The molecule has 1 aromatic heterocycles. The summed E-state index contributed by atoms with van der Waals surface area (Å²) in [5, 5.41) is 3.39. The molecule has 0 atom stereocenters. The van der Waals surface area contributed by atoms with Crippen LogP contribution in [0.2, 0.25) is 0 Å². The van der Waals surface area contributed by atoms with Crippen molar-refractivity contribution in [3.63, 3.8) is 0 Å². The lowest BCUT2D eigenvalue weighted by Crippen LogP contribution is -2.21. The van der Waals surface area contributed by atoms with E-state index in [0.717, 1.165) is 10.9 Å². The minimum absolute atomic E-state index is 0.382. The third-order valence-corrected chi connectivity index (χ3v) is 3.82. The molecule has 0 saturated carbocycles. The van der Waals surface area contributed by atoms with Crippen LogP contribution in [0.4, 0.5) is 5.69 Å². The van der Waals surface area contributed by atoms with Gasteiger partial charge in [-0.2, -0.15) is 0 Å². The van der Waals surface area contributed by atoms with Crippen LogP contribution >= 0.6 is 0 Å². The number of aromatic nitrogens is 1. The van der Waals surface area contributed by atoms with Crippen molar-refractivity contribution in [1.29, 1.82) is 0 Å². The van der Waals surface area contributed by atoms with E-state index < -0.39 is 18.5 Å². The van der Waals surface area contributed by atoms with Crippen molar-refractivity contribution in [2.45, 2.75) is 0 Å². The lowest BCUT2D eigenvalue weighted by Gasteiger charge is -2.11. The van der Waals surface area contributed by atoms with Gasteiger partial charge in [0.2, 0.25) is 0 Å². The Morgan fingerprint density at radius 2 is 1.88 bits per heavy atom. The van der Waals surface area contributed by atoms with Gasteiger partial charge in [-0.05, 0) is 18.2 Å². The zero-order chi connectivity index (χ0) is 18.5. The van der Waals surface area contributed by atoms with Gasteiger partial charge in [0, 0.05) is 23.2 Å². The fraction of sp³-hybridized carbons (Fsp3) is 0.158. The maximum Gasteiger partial charge on any atom is 0.340 e. The molecule has 0 saturated heterocycles. The molecule has 0 aliphatic heterocycles. The molecule has 0 aliphatic rings. The van der Waals surface area contributed by atoms with Gasteiger partial charge in [0.1, 0.15) is 11.5 Å². The molecule has 1 amide bonds. The number of methoxy groups -OCH3 is 2. The Labute approximate surface area is 149 Å². The van der Waals surface area contributed by atoms with Crippen LogP contribution in [-0.2, 0) is 9.53 Å². The van der Waals surface area contributed by atoms with Gasteiger partial charge in [-0.3, -0.25) is 4.79 Å². The Morgan fingerprint density at radius 3 is 2.65 bits per heavy atom. The first-order chi connectivity index (χ1) is 12.6. The molecule has 0 unspecified atom stereocenters. The molecule has 3 aromatic rings. The van der Waals surface area contributed by atoms with Gasteiger partial charge in [-0.25, -0.2) is 4.79 Å². The third kappa shape index (κ3) is 3.61. The number of carbonyl (C=O) groups is 2. The molecule has 7 nitrogen and oxygen atoms in total. The molecule has 7 heteroatoms. The number of carbonyl (C=O) groups excluding carboxylic acids is 2. The molecule has 0 aliphatic carbocycles. The SMILES string of the molecule is COc1ccc(OC)c(NC(=O)COC(=O)c2c[nH]c3ccccc23)c1. The van der Waals surface area contributed by atoms with Crippen molar-refractivity contribution in [3.05, 3.63) is 54.2 Å². The van der Waals surface area contributed by atoms with Crippen molar-refractivity contribution >= 4 is 28.5 Å². The van der Waals surface area contributed by atoms with Gasteiger partial charge < -0.3 is 24.5 Å². The molecule has 0 spiro atoms. The lowest BCUT2D eigenvalue weighted by molar-refractivity contribution is -0.119. The lowest BCUT2D eigenvalue weighted by atomic mass is 10.2. The fourth-order valence-corrected chi connectivity index (χ4v) is 2.55. The number of anilines is 1. The summed E-state index contributed by atoms with van der Waals surface area (Å²) in [5.74, 6) is -0.0149. The van der Waals surface area contributed by atoms with Crippen molar-refractivity contribution in [2.75, 3.05) is 26.1 Å². The highest BCUT2D eigenvalue weighted by Gasteiger charge is 2.16. The second kappa shape index (κ2) is 7.60. The molecule has 3 rings (SSSR count). The van der Waals surface area contributed by atoms with E-state index >= 15 is 0 Å². The van der Waals surface area contributed by atoms with Crippen molar-refractivity contribution < 1.29 is 23.8 Å². The molecule has 1 heterocycles. The monoisotopic (exact) mass is 354 g/mol. The molecule has 134 valence electrons. The van der Waals surface area contributed by atoms with Crippen molar-refractivity contribution in [1.82, 2.24) is 4.98 Å². The van der Waals surface area contributed by atoms with Crippen molar-refractivity contribution in [2.24, 2.45) is 0 Å². The summed E-state index contributed by atoms with van der Waals surface area (Å²) in [7, 11) is 3.02. The molecule has 2 aromatic carbocycles. The molecule has 0 bridgehead atoms. The smallest absolute Gasteiger partial charge is 0.340 e. The van der Waals surface area contributed by atoms with E-state index in [4.69, 9.17) is 14.2 Å². The summed E-state index contributed by atoms with van der Waals surface area (Å²) in [6.45, 7) is -0.418. The van der Waals surface area contributed by atoms with Crippen LogP contribution < -0.4 is 14.8 Å². The summed E-state index contributed by atoms with van der Waals surface area (Å²) in [5.41, 5.74) is 1.64. The number of para-hydroxylation sites is 1. The highest BCUT2D eigenvalue weighted by atomic mass is 16.5. The third-order valence-electron chi connectivity index (χ3n) is 3.82. The highest BCUT2D eigenvalue weighted by Crippen LogP contribution is 2.28. The number of amides is 1. The standard InChI is InChI=1S/C19H18N2O5/c1-24-12-7-8-17(25-2)16(9-12)21-18(22)11-26-19(23)14-10-20-15-6-4-3-5-13(14)15/h3-10,20H,11H2,1-2H3,(H,21,22). The quantitative estimate of drug-likeness (QED) is 0.664. The zero-order valence-corrected chi connectivity index (χ0v) is 14.4. The first kappa shape index (κ1) is 17.3. The van der Waals surface area contributed by atoms with E-state index in [9.17, 15) is 9.59 Å². The van der Waals surface area contributed by atoms with Crippen molar-refractivity contribution in [3.8, 4) is 11.5 Å². The Hall–Kier alpha value is -3.48. The van der Waals surface area contributed by atoms with Gasteiger partial charge in [0.05, 0.1) is 25.5 Å². The van der Waals surface area contributed by atoms with E-state index in [0.29, 0.717) is 22.7 Å². The van der Waals surface area contributed by atoms with Crippen LogP contribution in [0.15, 0.2) is 48.7 Å². The zero-order valence-electron chi connectivity index (χ0n) is 14.4. The number of esters is 1. The van der Waals surface area contributed by atoms with Crippen LogP contribution in [0, 0.1) is 0 Å². The predicted octanol–water partition coefficient (Wildman–Crippen LogP) is 2.98. The molecule has 0 fully saturated rings. The van der Waals surface area contributed by atoms with E-state index in [1.807, 2.05) is 24.3 Å². The first-order valence-corrected chi connectivity index (χ1v) is 7.87. The number of benzene rings is 2. The van der Waals surface area contributed by atoms with E-state index in [-0.39, 0.29) is 0 Å². The van der Waals surface area contributed by atoms with Crippen LogP contribution in [0.3, 0.4) is 0 Å². The Balaban J connectivity index is 1.65. The summed E-state index contributed by atoms with van der Waals surface area (Å²) in [6.07, 6.45) is 1.57. The van der Waals surface area contributed by atoms with Crippen LogP contribution in [0.25, 0.3) is 10.9 Å². The van der Waals surface area contributed by atoms with E-state index in [1.165, 1.54) is 14.2 Å². The summed E-state index contributed by atoms with van der Waals surface area (Å²) < 4.78 is 15.4. The Morgan fingerprint density at radius 1 is 1.08 bits per heavy atom. The number of hydrogen-bond donors (Lipinski definition) is 2. The summed E-state index contributed by atoms with van der Waals surface area (Å²) >= 11 is 0. The summed E-state index contributed by atoms with van der Waals surface area (Å²) in [6, 6.07) is 12.4. The van der Waals surface area contributed by atoms with Gasteiger partial charge in [0.15, 0.2) is 6.61 Å². The number of nitrogens with one attached hydrogen (secondary N) is 2. The molecule has 2 N–H and O–H groups in total. The van der Waals surface area contributed by atoms with E-state index in [2.05, 4.69) is 10.3 Å². The average molecular weight is 354 g/mol. The minimum Gasteiger partial charge on any atom is -0.497 e. The normalized spacial score (nSPS) is 10.4. The van der Waals surface area contributed by atoms with Gasteiger partial charge in [-0.1, -0.05) is 18.2 Å². The summed E-state index contributed by atoms with van der Waals surface area (Å²) in [4.78, 5) is 27.4. The van der Waals surface area contributed by atoms with Gasteiger partial charge >= 0.3 is 5.97 Å². The maximum atomic E-state index is 12.2. The molecular formula is C19H18N2O5. The van der Waals surface area contributed by atoms with Crippen LogP contribution in [0.1, 0.15) is 10.4 Å². The number of ether oxygens (including phenoxy) is 3. The second-order valence-electron chi connectivity index (χ2n) is 5.44. The number of rotatable bonds is 6. The molecule has 0 radical (unpaired) electrons. The van der Waals surface area contributed by atoms with Gasteiger partial charge in [-0.15, -0.1) is 0 Å². The second-order valence-corrected chi connectivity index (χ2v) is 5.44. The largest absolute Gasteiger partial charge is 0.497 e. The number of aromatic amines is 1. The fourth-order valence-electron chi connectivity index (χ4n) is 2.55. The minimum atomic E-state index is -0.574. The number of fused-ring (bicyclic) bond motifs is 1. The van der Waals surface area contributed by atoms with Crippen LogP contribution in [-0.4, -0.2) is 37.7 Å². The Kier molecular flexibility index (Phi) is 5.07. The molecular weight excluding hydrogens is 336 g/mol. The van der Waals surface area contributed by atoms with E-state index in [1.54, 1.807) is 24.4 Å². The van der Waals surface area contributed by atoms with Crippen LogP contribution in [0.5, 0.6) is 11.5 Å². The predicted molar refractivity (Wildman–Crippen MR) is 96.8 cm³/mol. The number of H-pyrrole nitrogens is 1. The Bertz CT molecular complexity index is 948.